The van der Waals surface area contributed by atoms with Gasteiger partial charge in [-0.25, -0.2) is 15.0 Å². The molecule has 34 heavy (non-hydrogen) atoms. The minimum absolute atomic E-state index is 0.172. The molecule has 0 fully saturated rings. The third-order valence-corrected chi connectivity index (χ3v) is 5.03. The van der Waals surface area contributed by atoms with Crippen molar-refractivity contribution in [3.8, 4) is 22.5 Å². The van der Waals surface area contributed by atoms with E-state index < -0.39 is 18.6 Å². The smallest absolute Gasteiger partial charge is 0.395 e. The van der Waals surface area contributed by atoms with Gasteiger partial charge in [-0.05, 0) is 22.9 Å². The largest absolute Gasteiger partial charge is 0.449 e. The molecule has 5 aromatic rings. The lowest BCUT2D eigenvalue weighted by molar-refractivity contribution is -0.147. The fourth-order valence-corrected chi connectivity index (χ4v) is 3.60. The van der Waals surface area contributed by atoms with E-state index in [-0.39, 0.29) is 23.5 Å². The molecule has 3 N–H and O–H groups in total. The summed E-state index contributed by atoms with van der Waals surface area (Å²) >= 11 is 0. The lowest BCUT2D eigenvalue weighted by atomic mass is 10.0. The number of hydrogen-bond donors (Lipinski definition) is 3. The fraction of sp³-hybridized carbons (Fsp3) is 0.143. The van der Waals surface area contributed by atoms with Crippen molar-refractivity contribution in [1.82, 2.24) is 40.1 Å². The van der Waals surface area contributed by atoms with Crippen LogP contribution in [0.5, 0.6) is 0 Å². The summed E-state index contributed by atoms with van der Waals surface area (Å²) < 4.78 is 42.2. The minimum Gasteiger partial charge on any atom is -0.395 e. The van der Waals surface area contributed by atoms with Crippen LogP contribution in [0.4, 0.5) is 24.8 Å². The number of imidazole rings is 1. The summed E-state index contributed by atoms with van der Waals surface area (Å²) in [5, 5.41) is 26.0. The van der Waals surface area contributed by atoms with Crippen LogP contribution < -0.4 is 5.32 Å². The molecule has 5 rings (SSSR count). The van der Waals surface area contributed by atoms with Crippen LogP contribution in [0.1, 0.15) is 5.82 Å². The Morgan fingerprint density at radius 3 is 2.44 bits per heavy atom. The number of H-pyrrole nitrogens is 1. The van der Waals surface area contributed by atoms with Crippen LogP contribution in [0.3, 0.4) is 0 Å². The molecule has 0 radical (unpaired) electrons. The van der Waals surface area contributed by atoms with Crippen LogP contribution in [0, 0.1) is 0 Å². The maximum atomic E-state index is 13.7. The number of anilines is 2. The number of rotatable bonds is 6. The van der Waals surface area contributed by atoms with Crippen molar-refractivity contribution >= 4 is 22.7 Å². The van der Waals surface area contributed by atoms with Gasteiger partial charge < -0.3 is 15.0 Å². The maximum absolute atomic E-state index is 13.7. The summed E-state index contributed by atoms with van der Waals surface area (Å²) in [7, 11) is 0. The average molecular weight is 467 g/mol. The van der Waals surface area contributed by atoms with Gasteiger partial charge in [0.15, 0.2) is 0 Å². The van der Waals surface area contributed by atoms with Gasteiger partial charge in [0.05, 0.1) is 23.2 Å². The molecule has 3 heterocycles. The number of tetrazole rings is 1. The van der Waals surface area contributed by atoms with Crippen molar-refractivity contribution in [2.45, 2.75) is 12.7 Å². The van der Waals surface area contributed by atoms with Crippen LogP contribution in [0.2, 0.25) is 0 Å². The van der Waals surface area contributed by atoms with Crippen LogP contribution in [0.25, 0.3) is 33.5 Å². The van der Waals surface area contributed by atoms with E-state index in [0.717, 1.165) is 4.57 Å². The summed E-state index contributed by atoms with van der Waals surface area (Å²) in [4.78, 5) is 12.4. The number of fused-ring (bicyclic) bond motifs is 1. The Balaban J connectivity index is 1.62. The highest BCUT2D eigenvalue weighted by Gasteiger charge is 2.38. The summed E-state index contributed by atoms with van der Waals surface area (Å²) in [6, 6.07) is 12.2. The second-order valence-corrected chi connectivity index (χ2v) is 7.22. The molecular formula is C21H16F3N9O. The highest BCUT2D eigenvalue weighted by atomic mass is 19.4. The Morgan fingerprint density at radius 2 is 1.79 bits per heavy atom. The lowest BCUT2D eigenvalue weighted by Gasteiger charge is -2.12. The van der Waals surface area contributed by atoms with Gasteiger partial charge in [-0.15, -0.1) is 10.2 Å². The van der Waals surface area contributed by atoms with E-state index in [1.807, 2.05) is 6.07 Å². The number of hydrogen-bond acceptors (Lipinski definition) is 8. The molecule has 0 bridgehead atoms. The van der Waals surface area contributed by atoms with E-state index >= 15 is 0 Å². The Labute approximate surface area is 189 Å². The molecule has 13 heteroatoms. The fourth-order valence-electron chi connectivity index (χ4n) is 3.60. The van der Waals surface area contributed by atoms with Crippen molar-refractivity contribution in [2.75, 3.05) is 11.9 Å². The summed E-state index contributed by atoms with van der Waals surface area (Å²) in [5.41, 5.74) is 2.56. The van der Waals surface area contributed by atoms with Crippen molar-refractivity contribution in [3.63, 3.8) is 0 Å². The van der Waals surface area contributed by atoms with E-state index in [9.17, 15) is 18.3 Å². The van der Waals surface area contributed by atoms with Crippen LogP contribution in [-0.2, 0) is 12.7 Å². The lowest BCUT2D eigenvalue weighted by Crippen LogP contribution is -2.16. The first kappa shape index (κ1) is 21.5. The highest BCUT2D eigenvalue weighted by Crippen LogP contribution is 2.37. The van der Waals surface area contributed by atoms with Crippen LogP contribution in [0.15, 0.2) is 54.9 Å². The van der Waals surface area contributed by atoms with Gasteiger partial charge in [0, 0.05) is 30.2 Å². The van der Waals surface area contributed by atoms with Gasteiger partial charge in [-0.1, -0.05) is 30.3 Å². The number of aromatic nitrogens is 8. The Bertz CT molecular complexity index is 1420. The molecule has 0 amide bonds. The zero-order chi connectivity index (χ0) is 23.7. The van der Waals surface area contributed by atoms with Gasteiger partial charge in [-0.3, -0.25) is 0 Å². The number of nitrogens with zero attached hydrogens (tertiary/aromatic N) is 7. The van der Waals surface area contributed by atoms with Crippen molar-refractivity contribution in [2.24, 2.45) is 0 Å². The summed E-state index contributed by atoms with van der Waals surface area (Å²) in [6.07, 6.45) is -1.70. The molecule has 172 valence electrons. The SMILES string of the molecule is OCCn1c(C(F)(F)F)nc2c(-c3ccccc3)cc(Nc3ncc(-c4nn[nH]n4)cn3)cc21. The van der Waals surface area contributed by atoms with Crippen molar-refractivity contribution in [3.05, 3.63) is 60.7 Å². The number of alkyl halides is 3. The molecule has 2 aromatic carbocycles. The van der Waals surface area contributed by atoms with Gasteiger partial charge in [-0.2, -0.15) is 18.4 Å². The molecule has 0 saturated carbocycles. The Hall–Kier alpha value is -4.39. The number of aromatic amines is 1. The molecule has 0 saturated heterocycles. The predicted octanol–water partition coefficient (Wildman–Crippen LogP) is 3.43. The first-order valence-corrected chi connectivity index (χ1v) is 10.0. The maximum Gasteiger partial charge on any atom is 0.449 e. The standard InChI is InChI=1S/C21H16F3N9O/c22-21(23,24)19-28-17-15(12-4-2-1-3-5-12)8-14(9-16(17)33(19)6-7-34)27-20-25-10-13(11-26-20)18-29-31-32-30-18/h1-5,8-11,34H,6-7H2,(H,25,26,27)(H,29,30,31,32). The van der Waals surface area contributed by atoms with E-state index in [0.29, 0.717) is 28.2 Å². The van der Waals surface area contributed by atoms with Gasteiger partial charge in [0.25, 0.3) is 0 Å². The first-order chi connectivity index (χ1) is 16.4. The highest BCUT2D eigenvalue weighted by molar-refractivity contribution is 5.96. The van der Waals surface area contributed by atoms with E-state index in [4.69, 9.17) is 0 Å². The predicted molar refractivity (Wildman–Crippen MR) is 116 cm³/mol. The number of aliphatic hydroxyl groups is 1. The monoisotopic (exact) mass is 467 g/mol. The second-order valence-electron chi connectivity index (χ2n) is 7.22. The molecule has 0 atom stereocenters. The molecule has 10 nitrogen and oxygen atoms in total. The number of benzene rings is 2. The quantitative estimate of drug-likeness (QED) is 0.346. The van der Waals surface area contributed by atoms with Crippen molar-refractivity contribution in [1.29, 1.82) is 0 Å². The Morgan fingerprint density at radius 1 is 1.03 bits per heavy atom. The minimum atomic E-state index is -4.69. The summed E-state index contributed by atoms with van der Waals surface area (Å²) in [6.45, 7) is -0.744. The number of halogens is 3. The third kappa shape index (κ3) is 4.03. The van der Waals surface area contributed by atoms with E-state index in [1.165, 1.54) is 18.5 Å². The second kappa shape index (κ2) is 8.51. The molecule has 3 aromatic heterocycles. The van der Waals surface area contributed by atoms with E-state index in [1.54, 1.807) is 30.3 Å². The number of nitrogens with one attached hydrogen (secondary N) is 2. The third-order valence-electron chi connectivity index (χ3n) is 5.03. The van der Waals surface area contributed by atoms with Gasteiger partial charge in [0.1, 0.15) is 0 Å². The molecule has 0 aliphatic rings. The normalized spacial score (nSPS) is 11.8. The average Bonchev–Trinajstić information content (AvgIpc) is 3.49. The zero-order valence-electron chi connectivity index (χ0n) is 17.3. The summed E-state index contributed by atoms with van der Waals surface area (Å²) in [5.74, 6) is -0.534. The zero-order valence-corrected chi connectivity index (χ0v) is 17.3. The molecular weight excluding hydrogens is 451 g/mol. The van der Waals surface area contributed by atoms with Gasteiger partial charge in [0.2, 0.25) is 17.6 Å². The number of aliphatic hydroxyl groups excluding tert-OH is 1. The van der Waals surface area contributed by atoms with E-state index in [2.05, 4.69) is 40.9 Å². The molecule has 0 spiro atoms. The van der Waals surface area contributed by atoms with Crippen molar-refractivity contribution < 1.29 is 18.3 Å². The molecule has 0 unspecified atom stereocenters. The first-order valence-electron chi connectivity index (χ1n) is 10.0. The molecule has 0 aliphatic heterocycles. The van der Waals surface area contributed by atoms with Crippen LogP contribution in [-0.4, -0.2) is 51.9 Å². The molecule has 0 aliphatic carbocycles. The topological polar surface area (TPSA) is 130 Å². The van der Waals surface area contributed by atoms with Gasteiger partial charge >= 0.3 is 6.18 Å². The van der Waals surface area contributed by atoms with Crippen LogP contribution >= 0.6 is 0 Å². The Kier molecular flexibility index (Phi) is 5.37.